The Labute approximate surface area is 117 Å². The largest absolute Gasteiger partial charge is 0.497 e. The molecule has 0 bridgehead atoms. The zero-order chi connectivity index (χ0) is 14.1. The summed E-state index contributed by atoms with van der Waals surface area (Å²) in [5.74, 6) is 0.740. The van der Waals surface area contributed by atoms with Crippen molar-refractivity contribution in [2.75, 3.05) is 24.3 Å². The summed E-state index contributed by atoms with van der Waals surface area (Å²) in [4.78, 5) is 14.4. The minimum atomic E-state index is -0.00277. The summed E-state index contributed by atoms with van der Waals surface area (Å²) in [6.07, 6.45) is 0.809. The van der Waals surface area contributed by atoms with Gasteiger partial charge < -0.3 is 15.4 Å². The first-order chi connectivity index (χ1) is 9.70. The van der Waals surface area contributed by atoms with Crippen LogP contribution in [0.15, 0.2) is 42.5 Å². The van der Waals surface area contributed by atoms with Gasteiger partial charge in [-0.3, -0.25) is 4.79 Å². The van der Waals surface area contributed by atoms with Crippen molar-refractivity contribution in [3.05, 3.63) is 53.6 Å². The maximum atomic E-state index is 12.6. The molecule has 2 aromatic rings. The molecule has 1 aliphatic rings. The van der Waals surface area contributed by atoms with Crippen LogP contribution in [0.5, 0.6) is 5.75 Å². The van der Waals surface area contributed by atoms with Crippen molar-refractivity contribution >= 4 is 17.3 Å². The van der Waals surface area contributed by atoms with Gasteiger partial charge in [-0.1, -0.05) is 6.07 Å². The van der Waals surface area contributed by atoms with Crippen LogP contribution in [0.3, 0.4) is 0 Å². The molecule has 2 aromatic carbocycles. The molecule has 0 radical (unpaired) electrons. The molecule has 2 N–H and O–H groups in total. The first kappa shape index (κ1) is 12.5. The summed E-state index contributed by atoms with van der Waals surface area (Å²) >= 11 is 0. The van der Waals surface area contributed by atoms with E-state index in [9.17, 15) is 4.79 Å². The molecule has 1 aliphatic heterocycles. The molecule has 102 valence electrons. The molecule has 0 saturated heterocycles. The van der Waals surface area contributed by atoms with Crippen molar-refractivity contribution in [1.82, 2.24) is 0 Å². The number of anilines is 2. The molecule has 0 atom stereocenters. The standard InChI is InChI=1S/C16H16N2O2/c1-20-12-7-5-11(6-8-12)16(19)18-10-9-13-14(17)3-2-4-15(13)18/h2-8H,9-10,17H2,1H3. The Morgan fingerprint density at radius 2 is 1.95 bits per heavy atom. The number of rotatable bonds is 2. The van der Waals surface area contributed by atoms with Gasteiger partial charge in [0.1, 0.15) is 5.75 Å². The predicted molar refractivity (Wildman–Crippen MR) is 79.2 cm³/mol. The Bertz CT molecular complexity index is 650. The molecule has 0 aliphatic carbocycles. The van der Waals surface area contributed by atoms with E-state index in [0.717, 1.165) is 29.1 Å². The lowest BCUT2D eigenvalue weighted by atomic mass is 10.1. The molecule has 0 aromatic heterocycles. The number of nitrogen functional groups attached to an aromatic ring is 1. The maximum absolute atomic E-state index is 12.6. The first-order valence-corrected chi connectivity index (χ1v) is 6.54. The number of hydrogen-bond acceptors (Lipinski definition) is 3. The summed E-state index contributed by atoms with van der Waals surface area (Å²) in [6.45, 7) is 0.675. The molecule has 0 unspecified atom stereocenters. The molecule has 0 spiro atoms. The lowest BCUT2D eigenvalue weighted by molar-refractivity contribution is 0.0989. The quantitative estimate of drug-likeness (QED) is 0.851. The molecular formula is C16H16N2O2. The highest BCUT2D eigenvalue weighted by Gasteiger charge is 2.26. The van der Waals surface area contributed by atoms with E-state index in [1.807, 2.05) is 18.2 Å². The summed E-state index contributed by atoms with van der Waals surface area (Å²) in [5, 5.41) is 0. The monoisotopic (exact) mass is 268 g/mol. The fourth-order valence-electron chi connectivity index (χ4n) is 2.56. The molecule has 4 heteroatoms. The average Bonchev–Trinajstić information content (AvgIpc) is 2.92. The minimum absolute atomic E-state index is 0.00277. The Balaban J connectivity index is 1.91. The number of fused-ring (bicyclic) bond motifs is 1. The molecule has 1 heterocycles. The molecule has 0 fully saturated rings. The van der Waals surface area contributed by atoms with Gasteiger partial charge in [-0.2, -0.15) is 0 Å². The van der Waals surface area contributed by atoms with Crippen LogP contribution in [0, 0.1) is 0 Å². The first-order valence-electron chi connectivity index (χ1n) is 6.54. The summed E-state index contributed by atoms with van der Waals surface area (Å²) < 4.78 is 5.10. The highest BCUT2D eigenvalue weighted by Crippen LogP contribution is 2.33. The summed E-state index contributed by atoms with van der Waals surface area (Å²) in [5.41, 5.74) is 9.35. The van der Waals surface area contributed by atoms with Crippen LogP contribution in [-0.2, 0) is 6.42 Å². The number of amides is 1. The lowest BCUT2D eigenvalue weighted by Crippen LogP contribution is -2.28. The number of hydrogen-bond donors (Lipinski definition) is 1. The van der Waals surface area contributed by atoms with Crippen LogP contribution < -0.4 is 15.4 Å². The van der Waals surface area contributed by atoms with Crippen LogP contribution in [0.1, 0.15) is 15.9 Å². The van der Waals surface area contributed by atoms with Crippen LogP contribution in [-0.4, -0.2) is 19.6 Å². The Morgan fingerprint density at radius 3 is 2.65 bits per heavy atom. The average molecular weight is 268 g/mol. The predicted octanol–water partition coefficient (Wildman–Crippen LogP) is 2.48. The van der Waals surface area contributed by atoms with E-state index in [1.165, 1.54) is 0 Å². The number of methoxy groups -OCH3 is 1. The number of nitrogens with two attached hydrogens (primary N) is 1. The fraction of sp³-hybridized carbons (Fsp3) is 0.188. The van der Waals surface area contributed by atoms with Gasteiger partial charge in [-0.25, -0.2) is 0 Å². The van der Waals surface area contributed by atoms with Gasteiger partial charge >= 0.3 is 0 Å². The van der Waals surface area contributed by atoms with Crippen molar-refractivity contribution < 1.29 is 9.53 Å². The lowest BCUT2D eigenvalue weighted by Gasteiger charge is -2.17. The number of benzene rings is 2. The third-order valence-electron chi connectivity index (χ3n) is 3.65. The van der Waals surface area contributed by atoms with Crippen molar-refractivity contribution in [2.45, 2.75) is 6.42 Å². The molecular weight excluding hydrogens is 252 g/mol. The number of carbonyl (C=O) groups is 1. The third kappa shape index (κ3) is 1.99. The molecule has 20 heavy (non-hydrogen) atoms. The van der Waals surface area contributed by atoms with Gasteiger partial charge in [0, 0.05) is 29.0 Å². The minimum Gasteiger partial charge on any atom is -0.497 e. The van der Waals surface area contributed by atoms with Crippen molar-refractivity contribution in [2.24, 2.45) is 0 Å². The van der Waals surface area contributed by atoms with E-state index in [-0.39, 0.29) is 5.91 Å². The Hall–Kier alpha value is -2.49. The summed E-state index contributed by atoms with van der Waals surface area (Å²) in [6, 6.07) is 12.9. The second-order valence-electron chi connectivity index (χ2n) is 4.78. The number of nitrogens with zero attached hydrogens (tertiary/aromatic N) is 1. The molecule has 4 nitrogen and oxygen atoms in total. The van der Waals surface area contributed by atoms with E-state index >= 15 is 0 Å². The van der Waals surface area contributed by atoms with Crippen LogP contribution in [0.2, 0.25) is 0 Å². The molecule has 3 rings (SSSR count). The van der Waals surface area contributed by atoms with Crippen molar-refractivity contribution in [3.63, 3.8) is 0 Å². The van der Waals surface area contributed by atoms with Gasteiger partial charge in [-0.05, 0) is 42.8 Å². The maximum Gasteiger partial charge on any atom is 0.258 e. The zero-order valence-corrected chi connectivity index (χ0v) is 11.3. The number of carbonyl (C=O) groups excluding carboxylic acids is 1. The molecule has 1 amide bonds. The SMILES string of the molecule is COc1ccc(C(=O)N2CCc3c(N)cccc32)cc1. The second kappa shape index (κ2) is 4.89. The fourth-order valence-corrected chi connectivity index (χ4v) is 2.56. The highest BCUT2D eigenvalue weighted by atomic mass is 16.5. The number of ether oxygens (including phenoxy) is 1. The van der Waals surface area contributed by atoms with Gasteiger partial charge in [0.05, 0.1) is 7.11 Å². The van der Waals surface area contributed by atoms with E-state index in [1.54, 1.807) is 36.3 Å². The van der Waals surface area contributed by atoms with Crippen LogP contribution in [0.25, 0.3) is 0 Å². The van der Waals surface area contributed by atoms with E-state index < -0.39 is 0 Å². The normalized spacial score (nSPS) is 13.2. The Morgan fingerprint density at radius 1 is 1.20 bits per heavy atom. The van der Waals surface area contributed by atoms with Gasteiger partial charge in [0.25, 0.3) is 5.91 Å². The van der Waals surface area contributed by atoms with Crippen molar-refractivity contribution in [3.8, 4) is 5.75 Å². The van der Waals surface area contributed by atoms with Gasteiger partial charge in [0.2, 0.25) is 0 Å². The van der Waals surface area contributed by atoms with E-state index in [2.05, 4.69) is 0 Å². The summed E-state index contributed by atoms with van der Waals surface area (Å²) in [7, 11) is 1.61. The smallest absolute Gasteiger partial charge is 0.258 e. The third-order valence-corrected chi connectivity index (χ3v) is 3.65. The van der Waals surface area contributed by atoms with E-state index in [0.29, 0.717) is 12.1 Å². The second-order valence-corrected chi connectivity index (χ2v) is 4.78. The van der Waals surface area contributed by atoms with Crippen LogP contribution in [0.4, 0.5) is 11.4 Å². The van der Waals surface area contributed by atoms with Crippen LogP contribution >= 0.6 is 0 Å². The highest BCUT2D eigenvalue weighted by molar-refractivity contribution is 6.07. The van der Waals surface area contributed by atoms with Crippen molar-refractivity contribution in [1.29, 1.82) is 0 Å². The van der Waals surface area contributed by atoms with E-state index in [4.69, 9.17) is 10.5 Å². The molecule has 0 saturated carbocycles. The Kier molecular flexibility index (Phi) is 3.06. The van der Waals surface area contributed by atoms with Gasteiger partial charge in [-0.15, -0.1) is 0 Å². The van der Waals surface area contributed by atoms with Gasteiger partial charge in [0.15, 0.2) is 0 Å². The zero-order valence-electron chi connectivity index (χ0n) is 11.3. The topological polar surface area (TPSA) is 55.6 Å².